The molecule has 0 fully saturated rings. The van der Waals surface area contributed by atoms with E-state index in [0.717, 1.165) is 17.7 Å². The summed E-state index contributed by atoms with van der Waals surface area (Å²) in [5.41, 5.74) is 7.76. The summed E-state index contributed by atoms with van der Waals surface area (Å²) >= 11 is 0. The molecule has 1 aromatic carbocycles. The lowest BCUT2D eigenvalue weighted by Gasteiger charge is -1.97. The molecule has 0 heterocycles. The van der Waals surface area contributed by atoms with Crippen molar-refractivity contribution in [1.82, 2.24) is 0 Å². The lowest BCUT2D eigenvalue weighted by molar-refractivity contribution is 0.816. The molecule has 0 atom stereocenters. The zero-order valence-corrected chi connectivity index (χ0v) is 8.16. The minimum absolute atomic E-state index is 0.857. The molecule has 0 aromatic heterocycles. The minimum Gasteiger partial charge on any atom is -0.398 e. The number of rotatable bonds is 4. The summed E-state index contributed by atoms with van der Waals surface area (Å²) in [5, 5.41) is 0. The predicted octanol–water partition coefficient (Wildman–Crippen LogP) is 3.47. The highest BCUT2D eigenvalue weighted by atomic mass is 14.5. The molecule has 0 spiro atoms. The third-order valence-corrected chi connectivity index (χ3v) is 2.02. The summed E-state index contributed by atoms with van der Waals surface area (Å²) < 4.78 is 0. The number of benzene rings is 1. The van der Waals surface area contributed by atoms with E-state index in [9.17, 15) is 0 Å². The predicted molar refractivity (Wildman–Crippen MR) is 59.4 cm³/mol. The standard InChI is InChI=1S/C12H17N/c1-2-3-4-5-8-11-9-6-7-10-12(11)13/h5-10H,2-4,13H2,1H3. The Morgan fingerprint density at radius 3 is 2.77 bits per heavy atom. The molecule has 0 radical (unpaired) electrons. The molecular weight excluding hydrogens is 158 g/mol. The van der Waals surface area contributed by atoms with Crippen LogP contribution in [0.5, 0.6) is 0 Å². The van der Waals surface area contributed by atoms with Gasteiger partial charge < -0.3 is 5.73 Å². The molecule has 0 aliphatic carbocycles. The van der Waals surface area contributed by atoms with Crippen molar-refractivity contribution < 1.29 is 0 Å². The van der Waals surface area contributed by atoms with E-state index in [0.29, 0.717) is 0 Å². The van der Waals surface area contributed by atoms with Gasteiger partial charge in [0.25, 0.3) is 0 Å². The van der Waals surface area contributed by atoms with Crippen LogP contribution >= 0.6 is 0 Å². The van der Waals surface area contributed by atoms with E-state index in [2.05, 4.69) is 19.1 Å². The van der Waals surface area contributed by atoms with Crippen LogP contribution in [0.4, 0.5) is 5.69 Å². The van der Waals surface area contributed by atoms with Crippen LogP contribution in [0.1, 0.15) is 31.7 Å². The summed E-state index contributed by atoms with van der Waals surface area (Å²) in [6.45, 7) is 2.20. The van der Waals surface area contributed by atoms with Gasteiger partial charge in [-0.15, -0.1) is 0 Å². The van der Waals surface area contributed by atoms with Crippen LogP contribution in [-0.4, -0.2) is 0 Å². The van der Waals surface area contributed by atoms with Gasteiger partial charge in [0, 0.05) is 5.69 Å². The zero-order valence-electron chi connectivity index (χ0n) is 8.16. The Kier molecular flexibility index (Phi) is 4.10. The van der Waals surface area contributed by atoms with Crippen LogP contribution < -0.4 is 5.73 Å². The summed E-state index contributed by atoms with van der Waals surface area (Å²) in [5.74, 6) is 0. The van der Waals surface area contributed by atoms with Crippen molar-refractivity contribution in [1.29, 1.82) is 0 Å². The number of nitrogen functional groups attached to an aromatic ring is 1. The molecule has 0 aliphatic rings. The first kappa shape index (κ1) is 9.85. The van der Waals surface area contributed by atoms with Gasteiger partial charge in [-0.3, -0.25) is 0 Å². The highest BCUT2D eigenvalue weighted by Crippen LogP contribution is 2.12. The normalized spacial score (nSPS) is 10.8. The van der Waals surface area contributed by atoms with Crippen molar-refractivity contribution in [2.75, 3.05) is 5.73 Å². The smallest absolute Gasteiger partial charge is 0.0387 e. The highest BCUT2D eigenvalue weighted by molar-refractivity contribution is 5.63. The molecule has 0 unspecified atom stereocenters. The van der Waals surface area contributed by atoms with E-state index in [1.54, 1.807) is 0 Å². The molecule has 1 heteroatoms. The molecule has 0 saturated carbocycles. The first-order chi connectivity index (χ1) is 6.34. The Balaban J connectivity index is 2.53. The third kappa shape index (κ3) is 3.32. The number of hydrogen-bond donors (Lipinski definition) is 1. The second-order valence-corrected chi connectivity index (χ2v) is 3.17. The average Bonchev–Trinajstić information content (AvgIpc) is 2.15. The van der Waals surface area contributed by atoms with E-state index in [1.807, 2.05) is 24.3 Å². The number of unbranched alkanes of at least 4 members (excludes halogenated alkanes) is 2. The summed E-state index contributed by atoms with van der Waals surface area (Å²) in [6.07, 6.45) is 7.93. The molecule has 1 nitrogen and oxygen atoms in total. The summed E-state index contributed by atoms with van der Waals surface area (Å²) in [6, 6.07) is 7.94. The first-order valence-corrected chi connectivity index (χ1v) is 4.85. The Hall–Kier alpha value is -1.24. The Morgan fingerprint density at radius 1 is 1.31 bits per heavy atom. The van der Waals surface area contributed by atoms with E-state index < -0.39 is 0 Å². The van der Waals surface area contributed by atoms with Crippen LogP contribution in [0, 0.1) is 0 Å². The highest BCUT2D eigenvalue weighted by Gasteiger charge is 1.90. The number of para-hydroxylation sites is 1. The second-order valence-electron chi connectivity index (χ2n) is 3.17. The van der Waals surface area contributed by atoms with Crippen LogP contribution in [0.2, 0.25) is 0 Å². The van der Waals surface area contributed by atoms with Crippen LogP contribution in [0.3, 0.4) is 0 Å². The SMILES string of the molecule is CCCCC=Cc1ccccc1N. The lowest BCUT2D eigenvalue weighted by Crippen LogP contribution is -1.87. The zero-order chi connectivity index (χ0) is 9.52. The van der Waals surface area contributed by atoms with Gasteiger partial charge in [-0.2, -0.15) is 0 Å². The van der Waals surface area contributed by atoms with Crippen molar-refractivity contribution in [2.24, 2.45) is 0 Å². The van der Waals surface area contributed by atoms with Gasteiger partial charge in [0.2, 0.25) is 0 Å². The van der Waals surface area contributed by atoms with E-state index in [4.69, 9.17) is 5.73 Å². The maximum Gasteiger partial charge on any atom is 0.0387 e. The Labute approximate surface area is 80.3 Å². The van der Waals surface area contributed by atoms with Crippen LogP contribution in [0.25, 0.3) is 6.08 Å². The maximum absolute atomic E-state index is 5.78. The van der Waals surface area contributed by atoms with E-state index in [1.165, 1.54) is 12.8 Å². The second kappa shape index (κ2) is 5.41. The molecular formula is C12H17N. The quantitative estimate of drug-likeness (QED) is 0.550. The van der Waals surface area contributed by atoms with Gasteiger partial charge in [0.05, 0.1) is 0 Å². The maximum atomic E-state index is 5.78. The third-order valence-electron chi connectivity index (χ3n) is 2.02. The number of anilines is 1. The minimum atomic E-state index is 0.857. The van der Waals surface area contributed by atoms with Crippen molar-refractivity contribution in [2.45, 2.75) is 26.2 Å². The number of hydrogen-bond acceptors (Lipinski definition) is 1. The van der Waals surface area contributed by atoms with Gasteiger partial charge in [0.15, 0.2) is 0 Å². The van der Waals surface area contributed by atoms with Gasteiger partial charge in [-0.25, -0.2) is 0 Å². The Morgan fingerprint density at radius 2 is 2.08 bits per heavy atom. The lowest BCUT2D eigenvalue weighted by atomic mass is 10.1. The summed E-state index contributed by atoms with van der Waals surface area (Å²) in [4.78, 5) is 0. The van der Waals surface area contributed by atoms with Gasteiger partial charge in [-0.1, -0.05) is 50.1 Å². The Bertz CT molecular complexity index is 276. The first-order valence-electron chi connectivity index (χ1n) is 4.85. The molecule has 0 saturated heterocycles. The average molecular weight is 175 g/mol. The molecule has 0 amide bonds. The van der Waals surface area contributed by atoms with Gasteiger partial charge >= 0.3 is 0 Å². The van der Waals surface area contributed by atoms with Crippen LogP contribution in [0.15, 0.2) is 30.3 Å². The molecule has 0 bridgehead atoms. The fraction of sp³-hybridized carbons (Fsp3) is 0.333. The number of nitrogens with two attached hydrogens (primary N) is 1. The largest absolute Gasteiger partial charge is 0.398 e. The van der Waals surface area contributed by atoms with E-state index in [-0.39, 0.29) is 0 Å². The van der Waals surface area contributed by atoms with Crippen LogP contribution in [-0.2, 0) is 0 Å². The van der Waals surface area contributed by atoms with Crippen molar-refractivity contribution >= 4 is 11.8 Å². The molecule has 70 valence electrons. The molecule has 1 rings (SSSR count). The molecule has 1 aromatic rings. The van der Waals surface area contributed by atoms with Crippen molar-refractivity contribution in [3.8, 4) is 0 Å². The fourth-order valence-corrected chi connectivity index (χ4v) is 1.19. The van der Waals surface area contributed by atoms with Gasteiger partial charge in [0.1, 0.15) is 0 Å². The molecule has 2 N–H and O–H groups in total. The van der Waals surface area contributed by atoms with Crippen molar-refractivity contribution in [3.05, 3.63) is 35.9 Å². The molecule has 13 heavy (non-hydrogen) atoms. The van der Waals surface area contributed by atoms with Gasteiger partial charge in [-0.05, 0) is 18.1 Å². The van der Waals surface area contributed by atoms with E-state index >= 15 is 0 Å². The monoisotopic (exact) mass is 175 g/mol. The topological polar surface area (TPSA) is 26.0 Å². The fourth-order valence-electron chi connectivity index (χ4n) is 1.19. The molecule has 0 aliphatic heterocycles. The summed E-state index contributed by atoms with van der Waals surface area (Å²) in [7, 11) is 0. The number of allylic oxidation sites excluding steroid dienone is 1. The van der Waals surface area contributed by atoms with Crippen molar-refractivity contribution in [3.63, 3.8) is 0 Å².